The second-order valence-corrected chi connectivity index (χ2v) is 35.9. The van der Waals surface area contributed by atoms with Gasteiger partial charge in [-0.3, -0.25) is 0 Å². The third kappa shape index (κ3) is 14.2. The first-order valence-corrected chi connectivity index (χ1v) is 40.8. The Morgan fingerprint density at radius 1 is 0.200 bits per heavy atom. The van der Waals surface area contributed by atoms with Gasteiger partial charge in [0.05, 0.1) is 0 Å². The first-order valence-electron chi connectivity index (χ1n) is 40.8. The zero-order valence-electron chi connectivity index (χ0n) is 69.6. The number of hydrogen-bond donors (Lipinski definition) is 0. The van der Waals surface area contributed by atoms with Crippen LogP contribution in [0.1, 0.15) is 355 Å². The van der Waals surface area contributed by atoms with E-state index in [1.165, 1.54) is 173 Å². The van der Waals surface area contributed by atoms with Crippen LogP contribution in [0.5, 0.6) is 0 Å². The van der Waals surface area contributed by atoms with Crippen LogP contribution in [0.25, 0.3) is 55.6 Å². The molecule has 0 saturated carbocycles. The summed E-state index contributed by atoms with van der Waals surface area (Å²) < 4.78 is 0. The van der Waals surface area contributed by atoms with E-state index in [0.717, 1.165) is 11.4 Å². The van der Waals surface area contributed by atoms with E-state index in [1.807, 2.05) is 0 Å². The number of benzene rings is 10. The highest BCUT2D eigenvalue weighted by Gasteiger charge is 2.45. The molecule has 105 heavy (non-hydrogen) atoms. The van der Waals surface area contributed by atoms with Gasteiger partial charge in [-0.15, -0.1) is 0 Å². The summed E-state index contributed by atoms with van der Waals surface area (Å²) in [4.78, 5) is 5.40. The normalized spacial score (nSPS) is 13.1. The molecule has 0 radical (unpaired) electrons. The van der Waals surface area contributed by atoms with Crippen molar-refractivity contribution in [1.29, 1.82) is 0 Å². The van der Waals surface area contributed by atoms with Crippen LogP contribution in [-0.4, -0.2) is 6.71 Å². The van der Waals surface area contributed by atoms with E-state index < -0.39 is 0 Å². The maximum atomic E-state index is 2.70. The van der Waals surface area contributed by atoms with E-state index in [9.17, 15) is 0 Å². The molecule has 0 fully saturated rings. The summed E-state index contributed by atoms with van der Waals surface area (Å²) in [5, 5.41) is 0. The Labute approximate surface area is 637 Å². The van der Waals surface area contributed by atoms with Gasteiger partial charge >= 0.3 is 0 Å². The summed E-state index contributed by atoms with van der Waals surface area (Å²) in [5.74, 6) is 4.90. The molecule has 0 unspecified atom stereocenters. The summed E-state index contributed by atoms with van der Waals surface area (Å²) in [6, 6.07) is 67.8. The molecule has 10 aromatic carbocycles. The zero-order valence-corrected chi connectivity index (χ0v) is 69.6. The maximum Gasteiger partial charge on any atom is 0.252 e. The average molecular weight is 1390 g/mol. The van der Waals surface area contributed by atoms with Gasteiger partial charge in [-0.05, 0) is 281 Å². The fourth-order valence-electron chi connectivity index (χ4n) is 17.6. The molecule has 3 heteroatoms. The highest BCUT2D eigenvalue weighted by molar-refractivity contribution is 7.00. The van der Waals surface area contributed by atoms with Gasteiger partial charge in [0, 0.05) is 34.1 Å². The van der Waals surface area contributed by atoms with E-state index in [4.69, 9.17) is 0 Å². The quantitative estimate of drug-likeness (QED) is 0.0662. The fourth-order valence-corrected chi connectivity index (χ4v) is 17.6. The Kier molecular flexibility index (Phi) is 22.0. The number of hydrogen-bond acceptors (Lipinski definition) is 2. The van der Waals surface area contributed by atoms with Crippen molar-refractivity contribution in [2.24, 2.45) is 0 Å². The molecule has 0 aromatic heterocycles. The highest BCUT2D eigenvalue weighted by atomic mass is 15.2. The van der Waals surface area contributed by atoms with Crippen molar-refractivity contribution >= 4 is 57.2 Å². The van der Waals surface area contributed by atoms with Crippen molar-refractivity contribution in [1.82, 2.24) is 0 Å². The molecule has 0 spiro atoms. The van der Waals surface area contributed by atoms with Crippen molar-refractivity contribution in [2.45, 2.75) is 277 Å². The highest BCUT2D eigenvalue weighted by Crippen LogP contribution is 2.52. The fraction of sp³-hybridized carbons (Fsp3) is 0.412. The summed E-state index contributed by atoms with van der Waals surface area (Å²) in [7, 11) is 0. The molecule has 0 amide bonds. The van der Waals surface area contributed by atoms with Crippen LogP contribution < -0.4 is 26.2 Å². The number of fused-ring (bicyclic) bond motifs is 4. The largest absolute Gasteiger partial charge is 0.311 e. The first-order chi connectivity index (χ1) is 49.7. The van der Waals surface area contributed by atoms with Crippen molar-refractivity contribution in [3.63, 3.8) is 0 Å². The second-order valence-electron chi connectivity index (χ2n) is 35.9. The lowest BCUT2D eigenvalue weighted by Gasteiger charge is -2.45. The molecule has 2 aliphatic rings. The van der Waals surface area contributed by atoms with E-state index in [0.29, 0.717) is 71.0 Å². The van der Waals surface area contributed by atoms with E-state index in [2.05, 4.69) is 367 Å². The SMILES string of the molecule is CC(C)c1cc(C(C)C)c(-c2ccc(N3c4ccc(-c5c(C(C)C)cc(C(C)C)cc5C(C)C)cc4B4c5cc(-c6c(C(C)C)cc(C(C)C)cc6C(C)C)ccc5N(c5ccc(-c6c(C(C)C)cc(C(C)C)cc6C(C)C)cc5)c5cc(-c6c(C(C)C)cccc6C(C)C)cc3c54)cc2)c(C(C)C)c1. The third-order valence-corrected chi connectivity index (χ3v) is 23.7. The molecular weight excluding hydrogens is 1260 g/mol. The maximum absolute atomic E-state index is 2.70. The minimum Gasteiger partial charge on any atom is -0.311 e. The molecule has 10 aromatic rings. The first kappa shape index (κ1) is 76.5. The van der Waals surface area contributed by atoms with Gasteiger partial charge < -0.3 is 9.80 Å². The van der Waals surface area contributed by atoms with Gasteiger partial charge in [-0.1, -0.05) is 309 Å². The monoisotopic (exact) mass is 1390 g/mol. The topological polar surface area (TPSA) is 6.48 Å². The van der Waals surface area contributed by atoms with Crippen molar-refractivity contribution in [3.05, 3.63) is 242 Å². The van der Waals surface area contributed by atoms with Crippen LogP contribution in [-0.2, 0) is 0 Å². The third-order valence-electron chi connectivity index (χ3n) is 23.7. The lowest BCUT2D eigenvalue weighted by molar-refractivity contribution is 0.807. The van der Waals surface area contributed by atoms with E-state index in [1.54, 1.807) is 0 Å². The molecule has 2 heterocycles. The molecule has 0 bridgehead atoms. The van der Waals surface area contributed by atoms with E-state index >= 15 is 0 Å². The van der Waals surface area contributed by atoms with Crippen molar-refractivity contribution < 1.29 is 0 Å². The van der Waals surface area contributed by atoms with Crippen LogP contribution in [0.3, 0.4) is 0 Å². The lowest BCUT2D eigenvalue weighted by Crippen LogP contribution is -2.61. The molecule has 0 aliphatic carbocycles. The predicted octanol–water partition coefficient (Wildman–Crippen LogP) is 29.8. The summed E-state index contributed by atoms with van der Waals surface area (Å²) in [6.07, 6.45) is 0. The van der Waals surface area contributed by atoms with Crippen LogP contribution in [0.2, 0.25) is 0 Å². The van der Waals surface area contributed by atoms with Crippen LogP contribution in [0.4, 0.5) is 34.1 Å². The van der Waals surface area contributed by atoms with Crippen molar-refractivity contribution in [3.8, 4) is 55.6 Å². The van der Waals surface area contributed by atoms with Crippen molar-refractivity contribution in [2.75, 3.05) is 9.80 Å². The molecule has 2 nitrogen and oxygen atoms in total. The summed E-state index contributed by atoms with van der Waals surface area (Å²) >= 11 is 0. The van der Waals surface area contributed by atoms with Gasteiger partial charge in [0.25, 0.3) is 6.71 Å². The van der Waals surface area contributed by atoms with E-state index in [-0.39, 0.29) is 18.5 Å². The van der Waals surface area contributed by atoms with Gasteiger partial charge in [0.1, 0.15) is 0 Å². The molecular formula is C102H125BN2. The van der Waals surface area contributed by atoms with Gasteiger partial charge in [-0.25, -0.2) is 0 Å². The number of nitrogens with zero attached hydrogens (tertiary/aromatic N) is 2. The second kappa shape index (κ2) is 30.3. The Bertz CT molecular complexity index is 4440. The van der Waals surface area contributed by atoms with Crippen LogP contribution in [0, 0.1) is 0 Å². The van der Waals surface area contributed by atoms with Crippen LogP contribution in [0.15, 0.2) is 164 Å². The Morgan fingerprint density at radius 2 is 0.429 bits per heavy atom. The number of anilines is 6. The van der Waals surface area contributed by atoms with Gasteiger partial charge in [0.15, 0.2) is 0 Å². The molecule has 12 rings (SSSR count). The molecule has 0 saturated heterocycles. The Balaban J connectivity index is 1.25. The van der Waals surface area contributed by atoms with Gasteiger partial charge in [-0.2, -0.15) is 0 Å². The predicted molar refractivity (Wildman–Crippen MR) is 465 cm³/mol. The Hall–Kier alpha value is -8.14. The smallest absolute Gasteiger partial charge is 0.252 e. The van der Waals surface area contributed by atoms with Gasteiger partial charge in [0.2, 0.25) is 0 Å². The average Bonchev–Trinajstić information content (AvgIpc) is 0.691. The Morgan fingerprint density at radius 3 is 0.667 bits per heavy atom. The lowest BCUT2D eigenvalue weighted by atomic mass is 9.33. The standard InChI is InChI=1S/C102H125BN2/c1-56(2)74-44-83(62(13)14)97(84(45-74)63(15)16)70-32-38-79(39-33-70)104-93-42-36-72(99-87(66(21)22)48-76(58(5)6)49-88(99)67(23)24)52-91(93)103-92-53-73(100-89(68(25)26)50-77(59(7)8)51-90(100)69(27)28)37-43-94(92)105(96-55-78(54-95(104)102(96)103)101-81(60(9)10)30-29-31-82(101)61(11)12)80-40-34-71(35-41-80)98-85(64(17)18)46-75(57(3)4)47-86(98)65(19)20/h29-69H,1-28H3. The summed E-state index contributed by atoms with van der Waals surface area (Å²) in [5.41, 5.74) is 44.4. The molecule has 2 aliphatic heterocycles. The molecule has 0 atom stereocenters. The minimum atomic E-state index is -0.159. The molecule has 0 N–H and O–H groups in total. The molecule has 546 valence electrons. The summed E-state index contributed by atoms with van der Waals surface area (Å²) in [6.45, 7) is 66.5. The van der Waals surface area contributed by atoms with Crippen LogP contribution >= 0.6 is 0 Å². The number of rotatable bonds is 21. The zero-order chi connectivity index (χ0) is 76.0. The minimum absolute atomic E-state index is 0.159.